The number of hydrogen-bond acceptors (Lipinski definition) is 4. The molecule has 0 radical (unpaired) electrons. The Balaban J connectivity index is 1.73. The van der Waals surface area contributed by atoms with E-state index in [2.05, 4.69) is 16.3 Å². The van der Waals surface area contributed by atoms with Crippen molar-refractivity contribution < 1.29 is 14.3 Å². The third kappa shape index (κ3) is 4.69. The number of amides is 1. The molecule has 2 fully saturated rings. The van der Waals surface area contributed by atoms with E-state index in [-0.39, 0.29) is 5.91 Å². The van der Waals surface area contributed by atoms with Gasteiger partial charge in [-0.25, -0.2) is 0 Å². The summed E-state index contributed by atoms with van der Waals surface area (Å²) in [7, 11) is 0. The predicted octanol–water partition coefficient (Wildman–Crippen LogP) is 2.81. The molecule has 1 N–H and O–H groups in total. The topological polar surface area (TPSA) is 50.8 Å². The number of nitrogens with zero attached hydrogens (tertiary/aromatic N) is 1. The van der Waals surface area contributed by atoms with Gasteiger partial charge in [0.1, 0.15) is 0 Å². The fourth-order valence-electron chi connectivity index (χ4n) is 3.34. The first-order chi connectivity index (χ1) is 11.2. The van der Waals surface area contributed by atoms with Crippen LogP contribution in [0, 0.1) is 0 Å². The van der Waals surface area contributed by atoms with E-state index in [1.807, 2.05) is 18.2 Å². The minimum Gasteiger partial charge on any atom is -0.376 e. The lowest BCUT2D eigenvalue weighted by molar-refractivity contribution is -0.114. The van der Waals surface area contributed by atoms with Crippen molar-refractivity contribution in [3.05, 3.63) is 24.3 Å². The molecule has 2 saturated heterocycles. The van der Waals surface area contributed by atoms with E-state index in [0.717, 1.165) is 63.4 Å². The molecular weight excluding hydrogens is 292 g/mol. The molecular formula is C18H26N2O3. The maximum Gasteiger partial charge on any atom is 0.221 e. The van der Waals surface area contributed by atoms with Crippen molar-refractivity contribution in [3.63, 3.8) is 0 Å². The molecule has 2 aliphatic rings. The molecule has 0 saturated carbocycles. The second kappa shape index (κ2) is 7.79. The van der Waals surface area contributed by atoms with Crippen LogP contribution in [0.25, 0.3) is 0 Å². The minimum atomic E-state index is -0.0491. The van der Waals surface area contributed by atoms with E-state index in [9.17, 15) is 4.79 Å². The quantitative estimate of drug-likeness (QED) is 0.876. The molecule has 5 heteroatoms. The Morgan fingerprint density at radius 2 is 1.83 bits per heavy atom. The standard InChI is InChI=1S/C18H26N2O3/c1-14(21)19-15-5-2-6-16(11-15)20(12-17-7-3-9-22-17)13-18-8-4-10-23-18/h2,5-6,11,17-18H,3-4,7-10,12-13H2,1H3,(H,19,21). The van der Waals surface area contributed by atoms with Crippen molar-refractivity contribution in [2.75, 3.05) is 36.5 Å². The number of carbonyl (C=O) groups excluding carboxylic acids is 1. The molecule has 1 aromatic carbocycles. The highest BCUT2D eigenvalue weighted by molar-refractivity contribution is 5.89. The number of ether oxygens (including phenoxy) is 2. The number of rotatable bonds is 6. The van der Waals surface area contributed by atoms with Crippen LogP contribution in [0.15, 0.2) is 24.3 Å². The third-order valence-electron chi connectivity index (χ3n) is 4.43. The maximum absolute atomic E-state index is 11.3. The zero-order chi connectivity index (χ0) is 16.1. The molecule has 2 heterocycles. The van der Waals surface area contributed by atoms with Gasteiger partial charge in [-0.2, -0.15) is 0 Å². The van der Waals surface area contributed by atoms with E-state index < -0.39 is 0 Å². The summed E-state index contributed by atoms with van der Waals surface area (Å²) in [5, 5.41) is 2.86. The predicted molar refractivity (Wildman–Crippen MR) is 90.9 cm³/mol. The summed E-state index contributed by atoms with van der Waals surface area (Å²) < 4.78 is 11.6. The van der Waals surface area contributed by atoms with Crippen molar-refractivity contribution in [1.29, 1.82) is 0 Å². The molecule has 1 amide bonds. The number of carbonyl (C=O) groups is 1. The van der Waals surface area contributed by atoms with Crippen LogP contribution in [0.3, 0.4) is 0 Å². The van der Waals surface area contributed by atoms with Crippen molar-refractivity contribution in [2.24, 2.45) is 0 Å². The molecule has 0 spiro atoms. The van der Waals surface area contributed by atoms with Crippen molar-refractivity contribution in [3.8, 4) is 0 Å². The highest BCUT2D eigenvalue weighted by Gasteiger charge is 2.24. The largest absolute Gasteiger partial charge is 0.376 e. The van der Waals surface area contributed by atoms with Gasteiger partial charge in [0.15, 0.2) is 0 Å². The highest BCUT2D eigenvalue weighted by atomic mass is 16.5. The molecule has 5 nitrogen and oxygen atoms in total. The zero-order valence-electron chi connectivity index (χ0n) is 13.8. The van der Waals surface area contributed by atoms with Gasteiger partial charge in [-0.1, -0.05) is 6.07 Å². The highest BCUT2D eigenvalue weighted by Crippen LogP contribution is 2.25. The summed E-state index contributed by atoms with van der Waals surface area (Å²) in [6, 6.07) is 8.03. The maximum atomic E-state index is 11.3. The van der Waals surface area contributed by atoms with Crippen LogP contribution in [0.5, 0.6) is 0 Å². The molecule has 3 rings (SSSR count). The van der Waals surface area contributed by atoms with Crippen LogP contribution in [0.2, 0.25) is 0 Å². The molecule has 126 valence electrons. The Morgan fingerprint density at radius 3 is 2.35 bits per heavy atom. The summed E-state index contributed by atoms with van der Waals surface area (Å²) in [5.41, 5.74) is 1.95. The molecule has 0 bridgehead atoms. The fourth-order valence-corrected chi connectivity index (χ4v) is 3.34. The van der Waals surface area contributed by atoms with E-state index >= 15 is 0 Å². The molecule has 0 aliphatic carbocycles. The van der Waals surface area contributed by atoms with Gasteiger partial charge in [0.2, 0.25) is 5.91 Å². The summed E-state index contributed by atoms with van der Waals surface area (Å²) in [6.45, 7) is 5.02. The average Bonchev–Trinajstić information content (AvgIpc) is 3.20. The first-order valence-corrected chi connectivity index (χ1v) is 8.56. The Hall–Kier alpha value is -1.59. The Labute approximate surface area is 137 Å². The van der Waals surface area contributed by atoms with E-state index in [1.54, 1.807) is 0 Å². The van der Waals surface area contributed by atoms with Gasteiger partial charge in [0.05, 0.1) is 12.2 Å². The van der Waals surface area contributed by atoms with Gasteiger partial charge in [0.25, 0.3) is 0 Å². The first kappa shape index (κ1) is 16.3. The number of nitrogens with one attached hydrogen (secondary N) is 1. The van der Waals surface area contributed by atoms with Gasteiger partial charge < -0.3 is 19.7 Å². The van der Waals surface area contributed by atoms with Gasteiger partial charge in [0, 0.05) is 44.6 Å². The number of benzene rings is 1. The Morgan fingerprint density at radius 1 is 1.17 bits per heavy atom. The van der Waals surface area contributed by atoms with Gasteiger partial charge in [-0.15, -0.1) is 0 Å². The van der Waals surface area contributed by atoms with Gasteiger partial charge in [-0.05, 0) is 43.9 Å². The van der Waals surface area contributed by atoms with E-state index in [1.165, 1.54) is 6.92 Å². The summed E-state index contributed by atoms with van der Waals surface area (Å²) in [5.74, 6) is -0.0491. The normalized spacial score (nSPS) is 23.9. The average molecular weight is 318 g/mol. The molecule has 2 atom stereocenters. The molecule has 2 aliphatic heterocycles. The third-order valence-corrected chi connectivity index (χ3v) is 4.43. The fraction of sp³-hybridized carbons (Fsp3) is 0.611. The lowest BCUT2D eigenvalue weighted by Crippen LogP contribution is -2.37. The monoisotopic (exact) mass is 318 g/mol. The van der Waals surface area contributed by atoms with Crippen LogP contribution in [-0.2, 0) is 14.3 Å². The van der Waals surface area contributed by atoms with Crippen LogP contribution in [-0.4, -0.2) is 44.4 Å². The van der Waals surface area contributed by atoms with Crippen LogP contribution in [0.4, 0.5) is 11.4 Å². The van der Waals surface area contributed by atoms with Gasteiger partial charge >= 0.3 is 0 Å². The van der Waals surface area contributed by atoms with Gasteiger partial charge in [-0.3, -0.25) is 4.79 Å². The Bertz CT molecular complexity index is 505. The molecule has 0 aromatic heterocycles. The summed E-state index contributed by atoms with van der Waals surface area (Å²) >= 11 is 0. The zero-order valence-corrected chi connectivity index (χ0v) is 13.8. The second-order valence-electron chi connectivity index (χ2n) is 6.41. The molecule has 2 unspecified atom stereocenters. The van der Waals surface area contributed by atoms with E-state index in [4.69, 9.17) is 9.47 Å². The van der Waals surface area contributed by atoms with E-state index in [0.29, 0.717) is 12.2 Å². The van der Waals surface area contributed by atoms with Crippen molar-refractivity contribution >= 4 is 17.3 Å². The number of anilines is 2. The van der Waals surface area contributed by atoms with Crippen LogP contribution < -0.4 is 10.2 Å². The van der Waals surface area contributed by atoms with Crippen molar-refractivity contribution in [2.45, 2.75) is 44.8 Å². The molecule has 23 heavy (non-hydrogen) atoms. The lowest BCUT2D eigenvalue weighted by atomic mass is 10.1. The van der Waals surface area contributed by atoms with Crippen LogP contribution in [0.1, 0.15) is 32.6 Å². The van der Waals surface area contributed by atoms with Crippen LogP contribution >= 0.6 is 0 Å². The smallest absolute Gasteiger partial charge is 0.221 e. The second-order valence-corrected chi connectivity index (χ2v) is 6.41. The first-order valence-electron chi connectivity index (χ1n) is 8.56. The van der Waals surface area contributed by atoms with Crippen molar-refractivity contribution in [1.82, 2.24) is 0 Å². The lowest BCUT2D eigenvalue weighted by Gasteiger charge is -2.30. The Kier molecular flexibility index (Phi) is 5.51. The number of hydrogen-bond donors (Lipinski definition) is 1. The summed E-state index contributed by atoms with van der Waals surface area (Å²) in [6.07, 6.45) is 5.11. The molecule has 1 aromatic rings. The summed E-state index contributed by atoms with van der Waals surface area (Å²) in [4.78, 5) is 13.6. The SMILES string of the molecule is CC(=O)Nc1cccc(N(CC2CCCO2)CC2CCCO2)c1. The minimum absolute atomic E-state index is 0.0491.